The van der Waals surface area contributed by atoms with Gasteiger partial charge in [-0.2, -0.15) is 0 Å². The number of hydrogen-bond donors (Lipinski definition) is 0. The lowest BCUT2D eigenvalue weighted by atomic mass is 10.1. The van der Waals surface area contributed by atoms with Crippen molar-refractivity contribution in [2.75, 3.05) is 0 Å². The fourth-order valence-corrected chi connectivity index (χ4v) is 2.88. The van der Waals surface area contributed by atoms with Crippen molar-refractivity contribution >= 4 is 39.7 Å². The van der Waals surface area contributed by atoms with Gasteiger partial charge in [0.15, 0.2) is 0 Å². The number of rotatable bonds is 3. The molecule has 0 fully saturated rings. The van der Waals surface area contributed by atoms with Gasteiger partial charge in [-0.3, -0.25) is 15.1 Å². The van der Waals surface area contributed by atoms with Crippen LogP contribution in [0.4, 0.5) is 5.69 Å². The SMILES string of the molecule is O=[N+]([O-])c1cc(Cl)c(Cc2cc3ccccc3cn2)c(Cl)c1. The summed E-state index contributed by atoms with van der Waals surface area (Å²) in [5.74, 6) is 0. The molecule has 0 saturated carbocycles. The van der Waals surface area contributed by atoms with Crippen molar-refractivity contribution < 1.29 is 4.92 Å². The third-order valence-corrected chi connectivity index (χ3v) is 4.06. The number of pyridine rings is 1. The van der Waals surface area contributed by atoms with Gasteiger partial charge in [-0.15, -0.1) is 0 Å². The molecule has 0 spiro atoms. The van der Waals surface area contributed by atoms with Crippen molar-refractivity contribution in [3.05, 3.63) is 80.1 Å². The molecule has 22 heavy (non-hydrogen) atoms. The van der Waals surface area contributed by atoms with Gasteiger partial charge < -0.3 is 0 Å². The summed E-state index contributed by atoms with van der Waals surface area (Å²) in [6.45, 7) is 0. The Morgan fingerprint density at radius 2 is 1.68 bits per heavy atom. The minimum atomic E-state index is -0.518. The van der Waals surface area contributed by atoms with Gasteiger partial charge in [-0.05, 0) is 17.0 Å². The second-order valence-corrected chi connectivity index (χ2v) is 5.66. The summed E-state index contributed by atoms with van der Waals surface area (Å²) in [5.41, 5.74) is 1.32. The highest BCUT2D eigenvalue weighted by atomic mass is 35.5. The van der Waals surface area contributed by atoms with Crippen molar-refractivity contribution in [2.24, 2.45) is 0 Å². The number of hydrogen-bond acceptors (Lipinski definition) is 3. The topological polar surface area (TPSA) is 56.0 Å². The van der Waals surface area contributed by atoms with E-state index >= 15 is 0 Å². The number of fused-ring (bicyclic) bond motifs is 1. The van der Waals surface area contributed by atoms with Gasteiger partial charge in [0.25, 0.3) is 5.69 Å². The lowest BCUT2D eigenvalue weighted by Crippen LogP contribution is -1.96. The van der Waals surface area contributed by atoms with Crippen LogP contribution in [-0.4, -0.2) is 9.91 Å². The van der Waals surface area contributed by atoms with E-state index in [9.17, 15) is 10.1 Å². The predicted molar refractivity (Wildman–Crippen MR) is 87.7 cm³/mol. The van der Waals surface area contributed by atoms with Gasteiger partial charge in [-0.25, -0.2) is 0 Å². The highest BCUT2D eigenvalue weighted by Crippen LogP contribution is 2.32. The maximum Gasteiger partial charge on any atom is 0.272 e. The van der Waals surface area contributed by atoms with E-state index in [2.05, 4.69) is 4.98 Å². The van der Waals surface area contributed by atoms with E-state index < -0.39 is 4.92 Å². The molecular formula is C16H10Cl2N2O2. The molecule has 0 amide bonds. The van der Waals surface area contributed by atoms with Crippen LogP contribution in [0.3, 0.4) is 0 Å². The van der Waals surface area contributed by atoms with Crippen molar-refractivity contribution in [3.8, 4) is 0 Å². The quantitative estimate of drug-likeness (QED) is 0.498. The van der Waals surface area contributed by atoms with E-state index in [0.29, 0.717) is 12.0 Å². The largest absolute Gasteiger partial charge is 0.272 e. The first kappa shape index (κ1) is 14.8. The number of nitro groups is 1. The van der Waals surface area contributed by atoms with E-state index in [1.165, 1.54) is 12.1 Å². The summed E-state index contributed by atoms with van der Waals surface area (Å²) < 4.78 is 0. The van der Waals surface area contributed by atoms with Gasteiger partial charge in [0, 0.05) is 35.8 Å². The van der Waals surface area contributed by atoms with Gasteiger partial charge >= 0.3 is 0 Å². The molecule has 0 aliphatic rings. The molecule has 0 unspecified atom stereocenters. The maximum absolute atomic E-state index is 10.8. The Hall–Kier alpha value is -2.17. The summed E-state index contributed by atoms with van der Waals surface area (Å²) in [7, 11) is 0. The van der Waals surface area contributed by atoms with Crippen LogP contribution in [0.5, 0.6) is 0 Å². The highest BCUT2D eigenvalue weighted by molar-refractivity contribution is 6.36. The van der Waals surface area contributed by atoms with Crippen molar-refractivity contribution in [3.63, 3.8) is 0 Å². The average molecular weight is 333 g/mol. The molecule has 1 heterocycles. The Labute approximate surface area is 136 Å². The second-order valence-electron chi connectivity index (χ2n) is 4.84. The average Bonchev–Trinajstić information content (AvgIpc) is 2.50. The number of aromatic nitrogens is 1. The molecule has 4 nitrogen and oxygen atoms in total. The molecule has 1 aromatic heterocycles. The summed E-state index contributed by atoms with van der Waals surface area (Å²) in [6.07, 6.45) is 2.21. The van der Waals surface area contributed by atoms with Crippen molar-refractivity contribution in [1.82, 2.24) is 4.98 Å². The fraction of sp³-hybridized carbons (Fsp3) is 0.0625. The monoisotopic (exact) mass is 332 g/mol. The van der Waals surface area contributed by atoms with Crippen LogP contribution in [0.1, 0.15) is 11.3 Å². The number of benzene rings is 2. The van der Waals surface area contributed by atoms with Gasteiger partial charge in [0.2, 0.25) is 0 Å². The van der Waals surface area contributed by atoms with Crippen LogP contribution >= 0.6 is 23.2 Å². The Morgan fingerprint density at radius 3 is 2.32 bits per heavy atom. The predicted octanol–water partition coefficient (Wildman–Crippen LogP) is 5.04. The third kappa shape index (κ3) is 2.89. The zero-order valence-electron chi connectivity index (χ0n) is 11.3. The zero-order valence-corrected chi connectivity index (χ0v) is 12.8. The van der Waals surface area contributed by atoms with Crippen LogP contribution in [-0.2, 0) is 6.42 Å². The number of nitro benzene ring substituents is 1. The molecule has 0 atom stereocenters. The van der Waals surface area contributed by atoms with E-state index in [4.69, 9.17) is 23.2 Å². The fourth-order valence-electron chi connectivity index (χ4n) is 2.27. The molecule has 2 aromatic carbocycles. The molecule has 0 saturated heterocycles. The minimum absolute atomic E-state index is 0.120. The number of nitrogens with zero attached hydrogens (tertiary/aromatic N) is 2. The first-order valence-electron chi connectivity index (χ1n) is 6.50. The normalized spacial score (nSPS) is 10.8. The number of halogens is 2. The van der Waals surface area contributed by atoms with Crippen LogP contribution in [0.25, 0.3) is 10.8 Å². The molecular weight excluding hydrogens is 323 g/mol. The molecule has 6 heteroatoms. The summed E-state index contributed by atoms with van der Waals surface area (Å²) >= 11 is 12.3. The number of non-ortho nitro benzene ring substituents is 1. The van der Waals surface area contributed by atoms with E-state index in [1.807, 2.05) is 30.3 Å². The van der Waals surface area contributed by atoms with Crippen molar-refractivity contribution in [1.29, 1.82) is 0 Å². The van der Waals surface area contributed by atoms with Crippen molar-refractivity contribution in [2.45, 2.75) is 6.42 Å². The Balaban J connectivity index is 1.99. The first-order valence-corrected chi connectivity index (χ1v) is 7.26. The second kappa shape index (κ2) is 5.91. The molecule has 0 N–H and O–H groups in total. The Kier molecular flexibility index (Phi) is 3.96. The minimum Gasteiger partial charge on any atom is -0.260 e. The lowest BCUT2D eigenvalue weighted by molar-refractivity contribution is -0.384. The summed E-state index contributed by atoms with van der Waals surface area (Å²) in [6, 6.07) is 12.5. The lowest BCUT2D eigenvalue weighted by Gasteiger charge is -2.08. The van der Waals surface area contributed by atoms with Crippen LogP contribution in [0, 0.1) is 10.1 Å². The zero-order chi connectivity index (χ0) is 15.7. The Morgan fingerprint density at radius 1 is 1.05 bits per heavy atom. The van der Waals surface area contributed by atoms with Crippen LogP contribution in [0.15, 0.2) is 48.7 Å². The summed E-state index contributed by atoms with van der Waals surface area (Å²) in [5, 5.41) is 13.5. The van der Waals surface area contributed by atoms with E-state index in [-0.39, 0.29) is 15.7 Å². The smallest absolute Gasteiger partial charge is 0.260 e. The molecule has 0 aliphatic carbocycles. The molecule has 0 bridgehead atoms. The summed E-state index contributed by atoms with van der Waals surface area (Å²) in [4.78, 5) is 14.7. The van der Waals surface area contributed by atoms with Crippen LogP contribution < -0.4 is 0 Å². The van der Waals surface area contributed by atoms with Gasteiger partial charge in [-0.1, -0.05) is 47.5 Å². The Bertz CT molecular complexity index is 858. The van der Waals surface area contributed by atoms with Gasteiger partial charge in [0.1, 0.15) is 0 Å². The van der Waals surface area contributed by atoms with Crippen LogP contribution in [0.2, 0.25) is 10.0 Å². The molecule has 3 aromatic rings. The maximum atomic E-state index is 10.8. The molecule has 3 rings (SSSR count). The highest BCUT2D eigenvalue weighted by Gasteiger charge is 2.15. The third-order valence-electron chi connectivity index (χ3n) is 3.38. The van der Waals surface area contributed by atoms with Gasteiger partial charge in [0.05, 0.1) is 15.0 Å². The van der Waals surface area contributed by atoms with E-state index in [1.54, 1.807) is 6.20 Å². The molecule has 110 valence electrons. The van der Waals surface area contributed by atoms with E-state index in [0.717, 1.165) is 16.5 Å². The standard InChI is InChI=1S/C16H10Cl2N2O2/c17-15-7-13(20(21)22)8-16(18)14(15)6-12-5-10-3-1-2-4-11(10)9-19-12/h1-5,7-9H,6H2. The first-order chi connectivity index (χ1) is 10.5. The molecule has 0 radical (unpaired) electrons. The molecule has 0 aliphatic heterocycles.